The molecular weight excluding hydrogens is 206 g/mol. The number of hydrogen-bond acceptors (Lipinski definition) is 3. The summed E-state index contributed by atoms with van der Waals surface area (Å²) in [4.78, 5) is 11.6. The smallest absolute Gasteiger partial charge is 0.251 e. The number of benzene rings is 1. The Bertz CT molecular complexity index is 335. The van der Waals surface area contributed by atoms with Gasteiger partial charge in [-0.1, -0.05) is 12.1 Å². The van der Waals surface area contributed by atoms with Gasteiger partial charge in [0.25, 0.3) is 5.91 Å². The maximum atomic E-state index is 11.6. The van der Waals surface area contributed by atoms with E-state index in [4.69, 9.17) is 9.84 Å². The van der Waals surface area contributed by atoms with Gasteiger partial charge in [-0.3, -0.25) is 4.79 Å². The monoisotopic (exact) mass is 223 g/mol. The molecule has 0 aliphatic rings. The maximum Gasteiger partial charge on any atom is 0.251 e. The van der Waals surface area contributed by atoms with Crippen molar-refractivity contribution < 1.29 is 14.6 Å². The molecule has 0 fully saturated rings. The lowest BCUT2D eigenvalue weighted by atomic mass is 10.1. The van der Waals surface area contributed by atoms with Crippen LogP contribution in [-0.4, -0.2) is 30.8 Å². The first-order valence-corrected chi connectivity index (χ1v) is 5.17. The van der Waals surface area contributed by atoms with Crippen molar-refractivity contribution in [3.05, 3.63) is 35.4 Å². The molecule has 1 amide bonds. The zero-order chi connectivity index (χ0) is 12.0. The highest BCUT2D eigenvalue weighted by Gasteiger charge is 2.08. The van der Waals surface area contributed by atoms with Crippen LogP contribution >= 0.6 is 0 Å². The van der Waals surface area contributed by atoms with E-state index in [2.05, 4.69) is 5.32 Å². The van der Waals surface area contributed by atoms with Gasteiger partial charge in [0.2, 0.25) is 0 Å². The fourth-order valence-electron chi connectivity index (χ4n) is 1.27. The third-order valence-electron chi connectivity index (χ3n) is 2.18. The van der Waals surface area contributed by atoms with E-state index in [9.17, 15) is 4.79 Å². The second kappa shape index (κ2) is 6.25. The molecule has 1 unspecified atom stereocenters. The van der Waals surface area contributed by atoms with Crippen molar-refractivity contribution >= 4 is 5.91 Å². The molecule has 4 nitrogen and oxygen atoms in total. The van der Waals surface area contributed by atoms with Crippen molar-refractivity contribution in [3.63, 3.8) is 0 Å². The van der Waals surface area contributed by atoms with Crippen LogP contribution in [0.1, 0.15) is 22.8 Å². The summed E-state index contributed by atoms with van der Waals surface area (Å²) in [6.45, 7) is 2.22. The van der Waals surface area contributed by atoms with E-state index in [1.807, 2.05) is 12.1 Å². The lowest BCUT2D eigenvalue weighted by Crippen LogP contribution is -2.34. The molecule has 0 spiro atoms. The zero-order valence-corrected chi connectivity index (χ0v) is 9.56. The highest BCUT2D eigenvalue weighted by Crippen LogP contribution is 2.05. The van der Waals surface area contributed by atoms with Crippen LogP contribution in [0.5, 0.6) is 0 Å². The molecule has 0 aliphatic heterocycles. The van der Waals surface area contributed by atoms with Crippen LogP contribution < -0.4 is 5.32 Å². The number of aliphatic hydroxyl groups is 1. The van der Waals surface area contributed by atoms with Crippen molar-refractivity contribution in [2.75, 3.05) is 13.7 Å². The number of ether oxygens (including phenoxy) is 1. The van der Waals surface area contributed by atoms with Gasteiger partial charge >= 0.3 is 0 Å². The molecule has 0 saturated heterocycles. The van der Waals surface area contributed by atoms with Gasteiger partial charge in [-0.05, 0) is 24.6 Å². The van der Waals surface area contributed by atoms with Crippen molar-refractivity contribution in [2.24, 2.45) is 0 Å². The Balaban J connectivity index is 2.63. The number of nitrogens with one attached hydrogen (secondary N) is 1. The molecule has 2 N–H and O–H groups in total. The first-order valence-electron chi connectivity index (χ1n) is 5.17. The highest BCUT2D eigenvalue weighted by molar-refractivity contribution is 5.94. The van der Waals surface area contributed by atoms with Gasteiger partial charge in [-0.2, -0.15) is 0 Å². The second-order valence-electron chi connectivity index (χ2n) is 3.69. The fraction of sp³-hybridized carbons (Fsp3) is 0.417. The Morgan fingerprint density at radius 2 is 2.06 bits per heavy atom. The molecule has 0 heterocycles. The van der Waals surface area contributed by atoms with Crippen molar-refractivity contribution in [1.82, 2.24) is 5.32 Å². The summed E-state index contributed by atoms with van der Waals surface area (Å²) in [5.74, 6) is -0.175. The Hall–Kier alpha value is -1.39. The predicted octanol–water partition coefficient (Wildman–Crippen LogP) is 0.944. The second-order valence-corrected chi connectivity index (χ2v) is 3.69. The number of carbonyl (C=O) groups is 1. The Morgan fingerprint density at radius 1 is 1.44 bits per heavy atom. The molecule has 1 aromatic rings. The van der Waals surface area contributed by atoms with Crippen LogP contribution in [-0.2, 0) is 11.3 Å². The lowest BCUT2D eigenvalue weighted by molar-refractivity contribution is 0.0922. The standard InChI is InChI=1S/C12H17NO3/c1-9(7-14)13-12(15)11-5-3-10(4-6-11)8-16-2/h3-6,9,14H,7-8H2,1-2H3,(H,13,15). The molecule has 4 heteroatoms. The van der Waals surface area contributed by atoms with Gasteiger partial charge in [0.1, 0.15) is 0 Å². The normalized spacial score (nSPS) is 12.2. The van der Waals surface area contributed by atoms with Gasteiger partial charge in [0.05, 0.1) is 13.2 Å². The molecule has 0 saturated carbocycles. The first kappa shape index (κ1) is 12.7. The number of amides is 1. The third-order valence-corrected chi connectivity index (χ3v) is 2.18. The summed E-state index contributed by atoms with van der Waals surface area (Å²) in [5, 5.41) is 11.5. The van der Waals surface area contributed by atoms with Gasteiger partial charge < -0.3 is 15.2 Å². The molecule has 16 heavy (non-hydrogen) atoms. The highest BCUT2D eigenvalue weighted by atomic mass is 16.5. The van der Waals surface area contributed by atoms with Crippen molar-refractivity contribution in [2.45, 2.75) is 19.6 Å². The van der Waals surface area contributed by atoms with E-state index >= 15 is 0 Å². The van der Waals surface area contributed by atoms with Gasteiger partial charge in [0.15, 0.2) is 0 Å². The van der Waals surface area contributed by atoms with Crippen LogP contribution in [0.3, 0.4) is 0 Å². The molecule has 1 atom stereocenters. The van der Waals surface area contributed by atoms with Crippen LogP contribution in [0.4, 0.5) is 0 Å². The van der Waals surface area contributed by atoms with Gasteiger partial charge in [-0.25, -0.2) is 0 Å². The molecule has 0 aliphatic carbocycles. The van der Waals surface area contributed by atoms with E-state index in [1.165, 1.54) is 0 Å². The average Bonchev–Trinajstić information content (AvgIpc) is 2.30. The number of rotatable bonds is 5. The largest absolute Gasteiger partial charge is 0.394 e. The summed E-state index contributed by atoms with van der Waals surface area (Å²) in [5.41, 5.74) is 1.61. The third kappa shape index (κ3) is 3.64. The summed E-state index contributed by atoms with van der Waals surface area (Å²) in [7, 11) is 1.63. The summed E-state index contributed by atoms with van der Waals surface area (Å²) < 4.78 is 4.98. The van der Waals surface area contributed by atoms with E-state index in [0.29, 0.717) is 12.2 Å². The minimum atomic E-state index is -0.230. The lowest BCUT2D eigenvalue weighted by Gasteiger charge is -2.10. The summed E-state index contributed by atoms with van der Waals surface area (Å²) in [6.07, 6.45) is 0. The van der Waals surface area contributed by atoms with Crippen molar-refractivity contribution in [1.29, 1.82) is 0 Å². The molecular formula is C12H17NO3. The maximum absolute atomic E-state index is 11.6. The Kier molecular flexibility index (Phi) is 4.95. The minimum absolute atomic E-state index is 0.0620. The SMILES string of the molecule is COCc1ccc(C(=O)NC(C)CO)cc1. The zero-order valence-electron chi connectivity index (χ0n) is 9.56. The van der Waals surface area contributed by atoms with E-state index in [1.54, 1.807) is 26.2 Å². The fourth-order valence-corrected chi connectivity index (χ4v) is 1.27. The van der Waals surface area contributed by atoms with Crippen LogP contribution in [0.15, 0.2) is 24.3 Å². The van der Waals surface area contributed by atoms with E-state index in [0.717, 1.165) is 5.56 Å². The first-order chi connectivity index (χ1) is 7.67. The van der Waals surface area contributed by atoms with Crippen molar-refractivity contribution in [3.8, 4) is 0 Å². The van der Waals surface area contributed by atoms with Gasteiger partial charge in [-0.15, -0.1) is 0 Å². The number of carbonyl (C=O) groups excluding carboxylic acids is 1. The minimum Gasteiger partial charge on any atom is -0.394 e. The summed E-state index contributed by atoms with van der Waals surface area (Å²) >= 11 is 0. The van der Waals surface area contributed by atoms with Crippen LogP contribution in [0, 0.1) is 0 Å². The molecule has 0 bridgehead atoms. The van der Waals surface area contributed by atoms with Gasteiger partial charge in [0, 0.05) is 18.7 Å². The molecule has 0 radical (unpaired) electrons. The van der Waals surface area contributed by atoms with Crippen LogP contribution in [0.2, 0.25) is 0 Å². The Labute approximate surface area is 95.2 Å². The molecule has 1 aromatic carbocycles. The van der Waals surface area contributed by atoms with Crippen LogP contribution in [0.25, 0.3) is 0 Å². The number of methoxy groups -OCH3 is 1. The average molecular weight is 223 g/mol. The molecule has 88 valence electrons. The summed E-state index contributed by atoms with van der Waals surface area (Å²) in [6, 6.07) is 6.96. The predicted molar refractivity (Wildman–Crippen MR) is 61.2 cm³/mol. The molecule has 0 aromatic heterocycles. The number of hydrogen-bond donors (Lipinski definition) is 2. The van der Waals surface area contributed by atoms with E-state index in [-0.39, 0.29) is 18.6 Å². The topological polar surface area (TPSA) is 58.6 Å². The quantitative estimate of drug-likeness (QED) is 0.781. The molecule has 1 rings (SSSR count). The Morgan fingerprint density at radius 3 is 2.56 bits per heavy atom. The van der Waals surface area contributed by atoms with E-state index < -0.39 is 0 Å². The number of aliphatic hydroxyl groups excluding tert-OH is 1.